The normalized spacial score (nSPS) is 13.0. The highest BCUT2D eigenvalue weighted by Gasteiger charge is 2.13. The Kier molecular flexibility index (Phi) is 6.25. The lowest BCUT2D eigenvalue weighted by Gasteiger charge is -2.16. The number of thiazole rings is 1. The van der Waals surface area contributed by atoms with Crippen molar-refractivity contribution in [3.8, 4) is 17.0 Å². The number of carbonyl (C=O) groups excluding carboxylic acids is 1. The van der Waals surface area contributed by atoms with Gasteiger partial charge in [0.15, 0.2) is 11.7 Å². The summed E-state index contributed by atoms with van der Waals surface area (Å²) in [5, 5.41) is 5.43. The summed E-state index contributed by atoms with van der Waals surface area (Å²) in [6.45, 7) is 2.13. The molecular formula is C24H26N2O2S. The van der Waals surface area contributed by atoms with Crippen LogP contribution in [-0.4, -0.2) is 17.5 Å². The Morgan fingerprint density at radius 3 is 2.69 bits per heavy atom. The van der Waals surface area contributed by atoms with Crippen molar-refractivity contribution < 1.29 is 9.53 Å². The first-order valence-corrected chi connectivity index (χ1v) is 11.2. The van der Waals surface area contributed by atoms with E-state index in [-0.39, 0.29) is 12.5 Å². The molecule has 0 fully saturated rings. The second-order valence-corrected chi connectivity index (χ2v) is 8.32. The van der Waals surface area contributed by atoms with E-state index in [1.807, 2.05) is 29.6 Å². The van der Waals surface area contributed by atoms with E-state index in [1.54, 1.807) is 0 Å². The Morgan fingerprint density at radius 1 is 1.10 bits per heavy atom. The maximum absolute atomic E-state index is 12.2. The zero-order valence-corrected chi connectivity index (χ0v) is 17.6. The fourth-order valence-electron chi connectivity index (χ4n) is 3.70. The van der Waals surface area contributed by atoms with Crippen molar-refractivity contribution in [1.29, 1.82) is 0 Å². The first-order chi connectivity index (χ1) is 14.2. The molecule has 0 spiro atoms. The number of rotatable bonds is 7. The van der Waals surface area contributed by atoms with Gasteiger partial charge in [-0.25, -0.2) is 4.98 Å². The van der Waals surface area contributed by atoms with Gasteiger partial charge in [-0.2, -0.15) is 0 Å². The summed E-state index contributed by atoms with van der Waals surface area (Å²) >= 11 is 1.44. The third-order valence-corrected chi connectivity index (χ3v) is 5.98. The van der Waals surface area contributed by atoms with Crippen molar-refractivity contribution in [2.45, 2.75) is 45.4 Å². The number of aryl methyl sites for hydroxylation is 3. The molecule has 5 heteroatoms. The average Bonchev–Trinajstić information content (AvgIpc) is 3.21. The summed E-state index contributed by atoms with van der Waals surface area (Å²) < 4.78 is 5.59. The van der Waals surface area contributed by atoms with Gasteiger partial charge in [0.2, 0.25) is 0 Å². The third-order valence-electron chi connectivity index (χ3n) is 5.23. The summed E-state index contributed by atoms with van der Waals surface area (Å²) in [5.41, 5.74) is 6.20. The van der Waals surface area contributed by atoms with E-state index in [1.165, 1.54) is 47.3 Å². The molecule has 1 aromatic heterocycles. The Balaban J connectivity index is 1.33. The first-order valence-electron chi connectivity index (χ1n) is 10.3. The zero-order valence-electron chi connectivity index (χ0n) is 16.7. The highest BCUT2D eigenvalue weighted by atomic mass is 32.1. The lowest BCUT2D eigenvalue weighted by molar-refractivity contribution is -0.118. The van der Waals surface area contributed by atoms with Crippen LogP contribution in [0.4, 0.5) is 5.13 Å². The number of benzene rings is 2. The van der Waals surface area contributed by atoms with Crippen LogP contribution in [0.15, 0.2) is 47.8 Å². The van der Waals surface area contributed by atoms with Gasteiger partial charge in [-0.15, -0.1) is 11.3 Å². The van der Waals surface area contributed by atoms with E-state index in [0.717, 1.165) is 30.5 Å². The molecule has 1 heterocycles. The molecule has 2 aromatic carbocycles. The van der Waals surface area contributed by atoms with Crippen LogP contribution in [0, 0.1) is 0 Å². The van der Waals surface area contributed by atoms with Gasteiger partial charge in [0.05, 0.1) is 5.69 Å². The molecule has 0 saturated carbocycles. The second kappa shape index (κ2) is 9.23. The van der Waals surface area contributed by atoms with Crippen LogP contribution in [0.5, 0.6) is 5.75 Å². The quantitative estimate of drug-likeness (QED) is 0.551. The number of aromatic nitrogens is 1. The number of hydrogen-bond donors (Lipinski definition) is 1. The molecule has 0 atom stereocenters. The van der Waals surface area contributed by atoms with Gasteiger partial charge < -0.3 is 4.74 Å². The highest BCUT2D eigenvalue weighted by Crippen LogP contribution is 2.29. The SMILES string of the molecule is CCCc1ccc(OCC(=O)Nc2nc(-c3ccc4c(c3)CCCC4)cs2)cc1. The van der Waals surface area contributed by atoms with Crippen molar-refractivity contribution in [2.75, 3.05) is 11.9 Å². The Hall–Kier alpha value is -2.66. The zero-order chi connectivity index (χ0) is 20.1. The smallest absolute Gasteiger partial charge is 0.264 e. The van der Waals surface area contributed by atoms with Crippen LogP contribution in [0.3, 0.4) is 0 Å². The van der Waals surface area contributed by atoms with E-state index in [4.69, 9.17) is 4.74 Å². The molecule has 1 aliphatic carbocycles. The number of anilines is 1. The van der Waals surface area contributed by atoms with E-state index in [9.17, 15) is 4.79 Å². The van der Waals surface area contributed by atoms with Crippen molar-refractivity contribution in [3.05, 3.63) is 64.5 Å². The van der Waals surface area contributed by atoms with Gasteiger partial charge >= 0.3 is 0 Å². The second-order valence-electron chi connectivity index (χ2n) is 7.46. The monoisotopic (exact) mass is 406 g/mol. The maximum Gasteiger partial charge on any atom is 0.264 e. The number of amides is 1. The van der Waals surface area contributed by atoms with Crippen LogP contribution >= 0.6 is 11.3 Å². The molecule has 1 aliphatic rings. The van der Waals surface area contributed by atoms with Gasteiger partial charge in [-0.05, 0) is 67.0 Å². The summed E-state index contributed by atoms with van der Waals surface area (Å²) in [6.07, 6.45) is 7.03. The third kappa shape index (κ3) is 5.04. The Bertz CT molecular complexity index is 979. The van der Waals surface area contributed by atoms with Gasteiger partial charge in [-0.1, -0.05) is 37.6 Å². The minimum absolute atomic E-state index is 0.0269. The summed E-state index contributed by atoms with van der Waals surface area (Å²) in [6, 6.07) is 14.5. The summed E-state index contributed by atoms with van der Waals surface area (Å²) in [7, 11) is 0. The largest absolute Gasteiger partial charge is 0.484 e. The van der Waals surface area contributed by atoms with Crippen molar-refractivity contribution in [3.63, 3.8) is 0 Å². The number of fused-ring (bicyclic) bond motifs is 1. The van der Waals surface area contributed by atoms with Crippen LogP contribution < -0.4 is 10.1 Å². The molecular weight excluding hydrogens is 380 g/mol. The molecule has 0 saturated heterocycles. The lowest BCUT2D eigenvalue weighted by atomic mass is 9.90. The molecule has 0 unspecified atom stereocenters. The summed E-state index contributed by atoms with van der Waals surface area (Å²) in [5.74, 6) is 0.503. The minimum Gasteiger partial charge on any atom is -0.484 e. The Morgan fingerprint density at radius 2 is 1.90 bits per heavy atom. The molecule has 1 amide bonds. The van der Waals surface area contributed by atoms with Crippen molar-refractivity contribution in [1.82, 2.24) is 4.98 Å². The van der Waals surface area contributed by atoms with Gasteiger partial charge in [-0.3, -0.25) is 10.1 Å². The van der Waals surface area contributed by atoms with E-state index in [0.29, 0.717) is 10.9 Å². The Labute approximate surface area is 176 Å². The topological polar surface area (TPSA) is 51.2 Å². The molecule has 0 radical (unpaired) electrons. The van der Waals surface area contributed by atoms with E-state index < -0.39 is 0 Å². The number of nitrogens with one attached hydrogen (secondary N) is 1. The lowest BCUT2D eigenvalue weighted by Crippen LogP contribution is -2.20. The molecule has 150 valence electrons. The van der Waals surface area contributed by atoms with Crippen molar-refractivity contribution >= 4 is 22.4 Å². The number of ether oxygens (including phenoxy) is 1. The fraction of sp³-hybridized carbons (Fsp3) is 0.333. The minimum atomic E-state index is -0.200. The molecule has 0 bridgehead atoms. The number of nitrogens with zero attached hydrogens (tertiary/aromatic N) is 1. The average molecular weight is 407 g/mol. The van der Waals surface area contributed by atoms with Crippen LogP contribution in [0.1, 0.15) is 42.9 Å². The predicted octanol–water partition coefficient (Wildman–Crippen LogP) is 5.66. The van der Waals surface area contributed by atoms with E-state index >= 15 is 0 Å². The molecule has 29 heavy (non-hydrogen) atoms. The standard InChI is InChI=1S/C24H26N2O2S/c1-2-5-17-8-12-21(13-9-17)28-15-23(27)26-24-25-22(16-29-24)20-11-10-18-6-3-4-7-19(18)14-20/h8-14,16H,2-7,15H2,1H3,(H,25,26,27). The van der Waals surface area contributed by atoms with Crippen LogP contribution in [0.25, 0.3) is 11.3 Å². The molecule has 4 nitrogen and oxygen atoms in total. The van der Waals surface area contributed by atoms with Gasteiger partial charge in [0.25, 0.3) is 5.91 Å². The molecule has 3 aromatic rings. The highest BCUT2D eigenvalue weighted by molar-refractivity contribution is 7.14. The van der Waals surface area contributed by atoms with Gasteiger partial charge in [0, 0.05) is 10.9 Å². The molecule has 0 aliphatic heterocycles. The molecule has 4 rings (SSSR count). The van der Waals surface area contributed by atoms with Crippen molar-refractivity contribution in [2.24, 2.45) is 0 Å². The summed E-state index contributed by atoms with van der Waals surface area (Å²) in [4.78, 5) is 16.8. The fourth-order valence-corrected chi connectivity index (χ4v) is 4.44. The van der Waals surface area contributed by atoms with Gasteiger partial charge in [0.1, 0.15) is 5.75 Å². The first kappa shape index (κ1) is 19.6. The number of carbonyl (C=O) groups is 1. The van der Waals surface area contributed by atoms with Crippen LogP contribution in [-0.2, 0) is 24.1 Å². The van der Waals surface area contributed by atoms with E-state index in [2.05, 4.69) is 35.4 Å². The molecule has 1 N–H and O–H groups in total. The predicted molar refractivity (Wildman–Crippen MR) is 119 cm³/mol. The number of hydrogen-bond acceptors (Lipinski definition) is 4. The maximum atomic E-state index is 12.2. The van der Waals surface area contributed by atoms with Crippen LogP contribution in [0.2, 0.25) is 0 Å².